The molecule has 3 rings (SSSR count). The maximum atomic E-state index is 12.8. The molecule has 1 saturated heterocycles. The highest BCUT2D eigenvalue weighted by Crippen LogP contribution is 2.29. The van der Waals surface area contributed by atoms with Gasteiger partial charge in [-0.15, -0.1) is 0 Å². The molecule has 0 spiro atoms. The second-order valence-corrected chi connectivity index (χ2v) is 7.88. The van der Waals surface area contributed by atoms with Crippen molar-refractivity contribution < 1.29 is 8.42 Å². The zero-order chi connectivity index (χ0) is 15.7. The van der Waals surface area contributed by atoms with E-state index < -0.39 is 10.0 Å². The van der Waals surface area contributed by atoms with E-state index in [0.717, 1.165) is 24.9 Å². The highest BCUT2D eigenvalue weighted by atomic mass is 35.5. The maximum Gasteiger partial charge on any atom is 0.241 e. The van der Waals surface area contributed by atoms with Crippen molar-refractivity contribution in [2.75, 3.05) is 13.1 Å². The Hall–Kier alpha value is -1.14. The topological polar surface area (TPSA) is 58.2 Å². The lowest BCUT2D eigenvalue weighted by Gasteiger charge is -2.30. The molecule has 1 aliphatic heterocycles. The van der Waals surface area contributed by atoms with Crippen molar-refractivity contribution in [2.24, 2.45) is 5.92 Å². The second-order valence-electron chi connectivity index (χ2n) is 5.79. The first-order chi connectivity index (χ1) is 10.5. The number of hydrogen-bond acceptors (Lipinski definition) is 3. The number of fused-ring (bicyclic) bond motifs is 1. The normalized spacial score (nSPS) is 22.8. The van der Waals surface area contributed by atoms with E-state index in [0.29, 0.717) is 15.3 Å². The molecule has 1 heterocycles. The summed E-state index contributed by atoms with van der Waals surface area (Å²) in [5.41, 5.74) is 0. The number of piperidine rings is 1. The van der Waals surface area contributed by atoms with Crippen molar-refractivity contribution in [1.29, 1.82) is 0 Å². The summed E-state index contributed by atoms with van der Waals surface area (Å²) in [6, 6.07) is 10.5. The van der Waals surface area contributed by atoms with Crippen LogP contribution in [0.15, 0.2) is 41.3 Å². The molecule has 2 atom stereocenters. The van der Waals surface area contributed by atoms with Crippen LogP contribution in [0, 0.1) is 5.92 Å². The molecule has 0 bridgehead atoms. The summed E-state index contributed by atoms with van der Waals surface area (Å²) in [7, 11) is -3.57. The number of benzene rings is 2. The van der Waals surface area contributed by atoms with Gasteiger partial charge in [-0.1, -0.05) is 42.8 Å². The molecule has 2 unspecified atom stereocenters. The van der Waals surface area contributed by atoms with E-state index in [4.69, 9.17) is 11.6 Å². The highest BCUT2D eigenvalue weighted by molar-refractivity contribution is 7.89. The molecule has 6 heteroatoms. The van der Waals surface area contributed by atoms with Gasteiger partial charge in [-0.25, -0.2) is 13.1 Å². The van der Waals surface area contributed by atoms with Crippen LogP contribution >= 0.6 is 11.6 Å². The largest absolute Gasteiger partial charge is 0.316 e. The predicted octanol–water partition coefficient (Wildman–Crippen LogP) is 2.77. The Morgan fingerprint density at radius 3 is 2.64 bits per heavy atom. The van der Waals surface area contributed by atoms with Gasteiger partial charge in [-0.2, -0.15) is 0 Å². The molecule has 22 heavy (non-hydrogen) atoms. The molecular weight excluding hydrogens is 320 g/mol. The molecule has 2 aromatic rings. The second kappa shape index (κ2) is 6.16. The Balaban J connectivity index is 2.01. The van der Waals surface area contributed by atoms with Crippen molar-refractivity contribution in [2.45, 2.75) is 24.3 Å². The molecule has 2 aromatic carbocycles. The van der Waals surface area contributed by atoms with E-state index in [1.807, 2.05) is 18.2 Å². The van der Waals surface area contributed by atoms with Crippen LogP contribution in [0.5, 0.6) is 0 Å². The van der Waals surface area contributed by atoms with E-state index in [1.54, 1.807) is 18.2 Å². The quantitative estimate of drug-likeness (QED) is 0.904. The number of sulfonamides is 1. The van der Waals surface area contributed by atoms with Crippen LogP contribution in [0.4, 0.5) is 0 Å². The lowest BCUT2D eigenvalue weighted by atomic mass is 9.97. The van der Waals surface area contributed by atoms with Crippen LogP contribution in [0.2, 0.25) is 5.02 Å². The van der Waals surface area contributed by atoms with Gasteiger partial charge in [0.1, 0.15) is 0 Å². The Kier molecular flexibility index (Phi) is 4.41. The molecule has 0 radical (unpaired) electrons. The lowest BCUT2D eigenvalue weighted by molar-refractivity contribution is 0.328. The third-order valence-corrected chi connectivity index (χ3v) is 6.09. The summed E-state index contributed by atoms with van der Waals surface area (Å²) < 4.78 is 28.5. The fourth-order valence-electron chi connectivity index (χ4n) is 2.92. The van der Waals surface area contributed by atoms with Gasteiger partial charge in [0, 0.05) is 21.8 Å². The average Bonchev–Trinajstić information content (AvgIpc) is 2.50. The fourth-order valence-corrected chi connectivity index (χ4v) is 4.74. The van der Waals surface area contributed by atoms with Crippen LogP contribution in [0.1, 0.15) is 13.3 Å². The summed E-state index contributed by atoms with van der Waals surface area (Å²) >= 11 is 6.17. The summed E-state index contributed by atoms with van der Waals surface area (Å²) in [6.45, 7) is 3.72. The van der Waals surface area contributed by atoms with Crippen LogP contribution in [-0.4, -0.2) is 27.5 Å². The molecule has 2 N–H and O–H groups in total. The maximum absolute atomic E-state index is 12.8. The van der Waals surface area contributed by atoms with Gasteiger partial charge in [0.05, 0.1) is 4.90 Å². The lowest BCUT2D eigenvalue weighted by Crippen LogP contribution is -2.48. The third-order valence-electron chi connectivity index (χ3n) is 4.21. The fraction of sp³-hybridized carbons (Fsp3) is 0.375. The molecule has 118 valence electrons. The third kappa shape index (κ3) is 2.99. The molecule has 0 saturated carbocycles. The molecule has 0 aromatic heterocycles. The first-order valence-corrected chi connectivity index (χ1v) is 9.25. The summed E-state index contributed by atoms with van der Waals surface area (Å²) in [5, 5.41) is 5.25. The summed E-state index contributed by atoms with van der Waals surface area (Å²) in [4.78, 5) is 0.290. The van der Waals surface area contributed by atoms with Crippen molar-refractivity contribution in [3.05, 3.63) is 41.4 Å². The number of hydrogen-bond donors (Lipinski definition) is 2. The number of nitrogens with one attached hydrogen (secondary N) is 2. The Labute approximate surface area is 135 Å². The monoisotopic (exact) mass is 338 g/mol. The zero-order valence-electron chi connectivity index (χ0n) is 12.3. The first-order valence-electron chi connectivity index (χ1n) is 7.39. The van der Waals surface area contributed by atoms with Gasteiger partial charge in [0.15, 0.2) is 0 Å². The summed E-state index contributed by atoms with van der Waals surface area (Å²) in [6.07, 6.45) is 0.798. The molecule has 0 amide bonds. The molecule has 1 fully saturated rings. The highest BCUT2D eigenvalue weighted by Gasteiger charge is 2.27. The van der Waals surface area contributed by atoms with Gasteiger partial charge in [0.2, 0.25) is 10.0 Å². The first kappa shape index (κ1) is 15.7. The smallest absolute Gasteiger partial charge is 0.241 e. The van der Waals surface area contributed by atoms with Crippen LogP contribution < -0.4 is 10.0 Å². The Morgan fingerprint density at radius 1 is 1.18 bits per heavy atom. The molecular formula is C16H19ClN2O2S. The molecule has 0 aliphatic carbocycles. The number of halogens is 1. The van der Waals surface area contributed by atoms with Crippen LogP contribution in [-0.2, 0) is 10.0 Å². The van der Waals surface area contributed by atoms with Crippen LogP contribution in [0.25, 0.3) is 10.8 Å². The van der Waals surface area contributed by atoms with Gasteiger partial charge in [0.25, 0.3) is 0 Å². The van der Waals surface area contributed by atoms with E-state index in [1.165, 1.54) is 0 Å². The van der Waals surface area contributed by atoms with Crippen molar-refractivity contribution in [1.82, 2.24) is 10.0 Å². The summed E-state index contributed by atoms with van der Waals surface area (Å²) in [5.74, 6) is 0.266. The minimum absolute atomic E-state index is 0.0410. The Bertz CT molecular complexity index is 792. The number of rotatable bonds is 3. The van der Waals surface area contributed by atoms with Gasteiger partial charge < -0.3 is 5.32 Å². The molecule has 1 aliphatic rings. The standard InChI is InChI=1S/C16H19ClN2O2S/c1-11-10-18-9-8-15(11)19-22(20,21)16-7-6-14(17)12-4-2-3-5-13(12)16/h2-7,11,15,18-19H,8-10H2,1H3. The van der Waals surface area contributed by atoms with Gasteiger partial charge >= 0.3 is 0 Å². The van der Waals surface area contributed by atoms with Crippen molar-refractivity contribution in [3.63, 3.8) is 0 Å². The molecule has 4 nitrogen and oxygen atoms in total. The van der Waals surface area contributed by atoms with E-state index in [9.17, 15) is 8.42 Å². The van der Waals surface area contributed by atoms with E-state index >= 15 is 0 Å². The SMILES string of the molecule is CC1CNCCC1NS(=O)(=O)c1ccc(Cl)c2ccccc12. The van der Waals surface area contributed by atoms with Crippen molar-refractivity contribution in [3.8, 4) is 0 Å². The van der Waals surface area contributed by atoms with E-state index in [-0.39, 0.29) is 12.0 Å². The minimum Gasteiger partial charge on any atom is -0.316 e. The minimum atomic E-state index is -3.57. The predicted molar refractivity (Wildman–Crippen MR) is 89.7 cm³/mol. The Morgan fingerprint density at radius 2 is 1.91 bits per heavy atom. The zero-order valence-corrected chi connectivity index (χ0v) is 13.9. The van der Waals surface area contributed by atoms with E-state index in [2.05, 4.69) is 17.0 Å². The van der Waals surface area contributed by atoms with Crippen molar-refractivity contribution >= 4 is 32.4 Å². The van der Waals surface area contributed by atoms with Crippen LogP contribution in [0.3, 0.4) is 0 Å². The average molecular weight is 339 g/mol. The van der Waals surface area contributed by atoms with Gasteiger partial charge in [-0.05, 0) is 37.6 Å². The van der Waals surface area contributed by atoms with Gasteiger partial charge in [-0.3, -0.25) is 0 Å².